The quantitative estimate of drug-likeness (QED) is 0.518. The van der Waals surface area contributed by atoms with Crippen LogP contribution in [0.5, 0.6) is 0 Å². The Morgan fingerprint density at radius 3 is 3.13 bits per heavy atom. The van der Waals surface area contributed by atoms with Crippen molar-refractivity contribution in [2.24, 2.45) is 0 Å². The third kappa shape index (κ3) is 2.16. The number of carbonyl (C=O) groups is 1. The summed E-state index contributed by atoms with van der Waals surface area (Å²) in [7, 11) is 1.53. The molecule has 0 saturated carbocycles. The Bertz CT molecular complexity index is 228. The minimum atomic E-state index is -0.469. The number of nitrogens with zero attached hydrogens (tertiary/aromatic N) is 1. The summed E-state index contributed by atoms with van der Waals surface area (Å²) < 4.78 is 10.1. The van der Waals surface area contributed by atoms with E-state index in [1.54, 1.807) is 6.92 Å². The number of amides is 1. The van der Waals surface area contributed by atoms with Gasteiger partial charge in [0.25, 0.3) is 0 Å². The molecule has 2 rings (SSSR count). The third-order valence-electron chi connectivity index (χ3n) is 3.09. The van der Waals surface area contributed by atoms with Gasteiger partial charge in [-0.3, -0.25) is 0 Å². The van der Waals surface area contributed by atoms with E-state index in [9.17, 15) is 4.79 Å². The highest BCUT2D eigenvalue weighted by Crippen LogP contribution is 2.38. The van der Waals surface area contributed by atoms with Crippen molar-refractivity contribution < 1.29 is 14.3 Å². The Hall–Kier alpha value is -0.610. The first-order chi connectivity index (χ1) is 7.22. The fraction of sp³-hybridized carbons (Fsp3) is 0.727. The van der Waals surface area contributed by atoms with Crippen LogP contribution in [0.4, 0.5) is 4.79 Å². The molecule has 0 spiro atoms. The Morgan fingerprint density at radius 2 is 2.47 bits per heavy atom. The minimum Gasteiger partial charge on any atom is -0.387 e. The van der Waals surface area contributed by atoms with Gasteiger partial charge in [0.1, 0.15) is 6.04 Å². The monoisotopic (exact) mass is 211 g/mol. The maximum atomic E-state index is 11.8. The molecule has 0 aromatic heterocycles. The maximum Gasteiger partial charge on any atom is 0.569 e. The Kier molecular flexibility index (Phi) is 3.26. The second-order valence-corrected chi connectivity index (χ2v) is 4.04. The molecule has 2 unspecified atom stereocenters. The molecule has 2 fully saturated rings. The minimum absolute atomic E-state index is 0.255. The van der Waals surface area contributed by atoms with Crippen LogP contribution >= 0.6 is 0 Å². The van der Waals surface area contributed by atoms with Crippen LogP contribution in [0.15, 0.2) is 0 Å². The number of fused-ring (bicyclic) bond motifs is 2. The fourth-order valence-electron chi connectivity index (χ4n) is 2.23. The molecule has 0 N–H and O–H groups in total. The molecule has 15 heavy (non-hydrogen) atoms. The van der Waals surface area contributed by atoms with Crippen LogP contribution in [0.3, 0.4) is 0 Å². The van der Waals surface area contributed by atoms with Gasteiger partial charge in [0.2, 0.25) is 12.3 Å². The van der Waals surface area contributed by atoms with Crippen molar-refractivity contribution in [3.05, 3.63) is 12.5 Å². The molecule has 2 aliphatic rings. The molecule has 83 valence electrons. The van der Waals surface area contributed by atoms with Crippen LogP contribution in [0.25, 0.3) is 0 Å². The molecule has 2 saturated heterocycles. The number of carbonyl (C=O) groups excluding carboxylic acids is 1. The van der Waals surface area contributed by atoms with Gasteiger partial charge in [-0.1, -0.05) is 0 Å². The van der Waals surface area contributed by atoms with Crippen LogP contribution in [-0.2, 0) is 9.47 Å². The van der Waals surface area contributed by atoms with Gasteiger partial charge in [-0.25, -0.2) is 0 Å². The van der Waals surface area contributed by atoms with Gasteiger partial charge in [0.05, 0.1) is 0 Å². The van der Waals surface area contributed by atoms with Gasteiger partial charge in [0.15, 0.2) is 0 Å². The van der Waals surface area contributed by atoms with Gasteiger partial charge in [-0.2, -0.15) is 4.79 Å². The average Bonchev–Trinajstić information content (AvgIpc) is 2.49. The number of hydrogen-bond acceptors (Lipinski definition) is 3. The van der Waals surface area contributed by atoms with Crippen molar-refractivity contribution >= 4 is 6.09 Å². The summed E-state index contributed by atoms with van der Waals surface area (Å²) in [6.45, 7) is 1.72. The van der Waals surface area contributed by atoms with Crippen molar-refractivity contribution in [1.82, 2.24) is 4.90 Å². The lowest BCUT2D eigenvalue weighted by Crippen LogP contribution is -2.46. The van der Waals surface area contributed by atoms with Gasteiger partial charge in [-0.15, -0.1) is 0 Å². The van der Waals surface area contributed by atoms with Crippen molar-refractivity contribution in [3.63, 3.8) is 0 Å². The fourth-order valence-corrected chi connectivity index (χ4v) is 2.23. The molecule has 0 aromatic rings. The molecule has 0 aromatic carbocycles. The predicted molar refractivity (Wildman–Crippen MR) is 54.9 cm³/mol. The summed E-state index contributed by atoms with van der Waals surface area (Å²) in [6, 6.07) is 1.52. The molecule has 0 aliphatic carbocycles. The highest BCUT2D eigenvalue weighted by atomic mass is 16.7. The van der Waals surface area contributed by atoms with E-state index < -0.39 is 6.29 Å². The summed E-state index contributed by atoms with van der Waals surface area (Å²) in [5.41, 5.74) is 0. The second kappa shape index (κ2) is 4.49. The standard InChI is InChI=1S/C11H17NO3/c1-8(14-2)15-11(13)12-9-4-3-5-10(12)7-6-9/h3,8-9H,4-7H2,1-2H3/q+1. The first-order valence-electron chi connectivity index (χ1n) is 5.41. The summed E-state index contributed by atoms with van der Waals surface area (Å²) in [4.78, 5) is 13.6. The zero-order chi connectivity index (χ0) is 10.8. The van der Waals surface area contributed by atoms with Crippen molar-refractivity contribution in [1.29, 1.82) is 0 Å². The number of ether oxygens (including phenoxy) is 2. The molecular formula is C11H17NO3+. The van der Waals surface area contributed by atoms with Gasteiger partial charge in [-0.05, 0) is 18.2 Å². The van der Waals surface area contributed by atoms with Crippen LogP contribution in [-0.4, -0.2) is 25.5 Å². The SMILES string of the molecule is COC(C)OC(=O)[N+]1[C]2C[CH]CC1CC2. The number of hydrogen-bond donors (Lipinski definition) is 0. The smallest absolute Gasteiger partial charge is 0.387 e. The van der Waals surface area contributed by atoms with Gasteiger partial charge in [0, 0.05) is 32.8 Å². The van der Waals surface area contributed by atoms with E-state index in [1.165, 1.54) is 13.2 Å². The first kappa shape index (κ1) is 10.9. The van der Waals surface area contributed by atoms with E-state index in [0.29, 0.717) is 6.04 Å². The molecule has 2 atom stereocenters. The molecule has 2 aliphatic heterocycles. The Morgan fingerprint density at radius 1 is 1.67 bits per heavy atom. The lowest BCUT2D eigenvalue weighted by atomic mass is 10.0. The largest absolute Gasteiger partial charge is 0.569 e. The predicted octanol–water partition coefficient (Wildman–Crippen LogP) is 1.95. The third-order valence-corrected chi connectivity index (χ3v) is 3.09. The lowest BCUT2D eigenvalue weighted by molar-refractivity contribution is -0.0728. The summed E-state index contributed by atoms with van der Waals surface area (Å²) >= 11 is 0. The summed E-state index contributed by atoms with van der Waals surface area (Å²) in [5.74, 6) is 0. The molecule has 1 amide bonds. The molecule has 2 bridgehead atoms. The zero-order valence-corrected chi connectivity index (χ0v) is 9.23. The van der Waals surface area contributed by atoms with Gasteiger partial charge >= 0.3 is 6.09 Å². The normalized spacial score (nSPS) is 29.1. The summed E-state index contributed by atoms with van der Waals surface area (Å²) in [6.07, 6.45) is 5.53. The maximum absolute atomic E-state index is 11.8. The van der Waals surface area contributed by atoms with Crippen LogP contribution < -0.4 is 4.90 Å². The van der Waals surface area contributed by atoms with E-state index >= 15 is 0 Å². The second-order valence-electron chi connectivity index (χ2n) is 4.04. The number of piperidine rings is 1. The van der Waals surface area contributed by atoms with E-state index in [0.717, 1.165) is 25.7 Å². The molecule has 3 radical (unpaired) electrons. The number of rotatable bonds is 2. The molecule has 4 nitrogen and oxygen atoms in total. The average molecular weight is 211 g/mol. The molecule has 2 heterocycles. The van der Waals surface area contributed by atoms with E-state index in [1.807, 2.05) is 4.90 Å². The number of methoxy groups -OCH3 is 1. The molecular weight excluding hydrogens is 194 g/mol. The molecule has 4 heteroatoms. The van der Waals surface area contributed by atoms with Crippen molar-refractivity contribution in [2.75, 3.05) is 7.11 Å². The van der Waals surface area contributed by atoms with Crippen LogP contribution in [0.1, 0.15) is 32.6 Å². The van der Waals surface area contributed by atoms with Crippen LogP contribution in [0, 0.1) is 12.5 Å². The highest BCUT2D eigenvalue weighted by molar-refractivity contribution is 5.74. The first-order valence-corrected chi connectivity index (χ1v) is 5.41. The van der Waals surface area contributed by atoms with Crippen LogP contribution in [0.2, 0.25) is 0 Å². The lowest BCUT2D eigenvalue weighted by Gasteiger charge is -2.21. The highest BCUT2D eigenvalue weighted by Gasteiger charge is 2.53. The van der Waals surface area contributed by atoms with E-state index in [-0.39, 0.29) is 6.09 Å². The van der Waals surface area contributed by atoms with Crippen molar-refractivity contribution in [2.45, 2.75) is 44.9 Å². The Labute approximate surface area is 90.5 Å². The van der Waals surface area contributed by atoms with E-state index in [2.05, 4.69) is 6.42 Å². The zero-order valence-electron chi connectivity index (χ0n) is 9.23. The summed E-state index contributed by atoms with van der Waals surface area (Å²) in [5, 5.41) is 0. The topological polar surface area (TPSA) is 41.4 Å². The van der Waals surface area contributed by atoms with E-state index in [4.69, 9.17) is 9.47 Å². The Balaban J connectivity index is 1.95. The van der Waals surface area contributed by atoms with Crippen molar-refractivity contribution in [3.8, 4) is 0 Å². The van der Waals surface area contributed by atoms with Gasteiger partial charge < -0.3 is 9.47 Å².